The molecule has 0 bridgehead atoms. The van der Waals surface area contributed by atoms with Gasteiger partial charge in [0.2, 0.25) is 6.41 Å². The molecule has 0 atom stereocenters. The molecule has 0 spiro atoms. The van der Waals surface area contributed by atoms with Crippen LogP contribution >= 0.6 is 0 Å². The average molecular weight is 237 g/mol. The fourth-order valence-electron chi connectivity index (χ4n) is 1.05. The number of benzene rings is 1. The van der Waals surface area contributed by atoms with E-state index >= 15 is 0 Å². The van der Waals surface area contributed by atoms with Gasteiger partial charge in [0, 0.05) is 6.54 Å². The third-order valence-electron chi connectivity index (χ3n) is 1.88. The predicted octanol–water partition coefficient (Wildman–Crippen LogP) is 1.12. The number of carboxylic acids is 1. The summed E-state index contributed by atoms with van der Waals surface area (Å²) in [6.45, 7) is -0.218. The van der Waals surface area contributed by atoms with Crippen molar-refractivity contribution in [2.75, 3.05) is 6.54 Å². The third-order valence-corrected chi connectivity index (χ3v) is 1.88. The maximum atomic E-state index is 11.4. The Bertz CT molecular complexity index is 404. The van der Waals surface area contributed by atoms with E-state index in [-0.39, 0.29) is 19.4 Å². The number of carbonyl (C=O) groups excluding carboxylic acids is 2. The van der Waals surface area contributed by atoms with Crippen molar-refractivity contribution in [3.05, 3.63) is 30.3 Å². The molecule has 0 unspecified atom stereocenters. The highest BCUT2D eigenvalue weighted by molar-refractivity contribution is 5.82. The number of amides is 2. The summed E-state index contributed by atoms with van der Waals surface area (Å²) in [5.41, 5.74) is 0. The molecule has 1 aromatic carbocycles. The molecule has 0 saturated carbocycles. The van der Waals surface area contributed by atoms with Crippen LogP contribution in [0.2, 0.25) is 0 Å². The molecule has 6 nitrogen and oxygen atoms in total. The molecule has 1 N–H and O–H groups in total. The molecule has 0 aliphatic carbocycles. The summed E-state index contributed by atoms with van der Waals surface area (Å²) in [6, 6.07) is 8.20. The normalized spacial score (nSPS) is 9.41. The van der Waals surface area contributed by atoms with Crippen LogP contribution in [0.15, 0.2) is 30.3 Å². The lowest BCUT2D eigenvalue weighted by Gasteiger charge is -2.13. The summed E-state index contributed by atoms with van der Waals surface area (Å²) in [6.07, 6.45) is -0.968. The van der Waals surface area contributed by atoms with Crippen LogP contribution in [0.25, 0.3) is 0 Å². The Kier molecular flexibility index (Phi) is 4.68. The van der Waals surface area contributed by atoms with E-state index in [1.54, 1.807) is 30.3 Å². The molecule has 0 radical (unpaired) electrons. The van der Waals surface area contributed by atoms with Gasteiger partial charge >= 0.3 is 12.1 Å². The molecular weight excluding hydrogens is 226 g/mol. The first kappa shape index (κ1) is 12.7. The van der Waals surface area contributed by atoms with Gasteiger partial charge in [0.25, 0.3) is 0 Å². The van der Waals surface area contributed by atoms with Crippen molar-refractivity contribution in [2.24, 2.45) is 0 Å². The second-order valence-electron chi connectivity index (χ2n) is 3.12. The van der Waals surface area contributed by atoms with E-state index in [1.165, 1.54) is 0 Å². The van der Waals surface area contributed by atoms with E-state index in [0.29, 0.717) is 10.6 Å². The highest BCUT2D eigenvalue weighted by atomic mass is 16.6. The van der Waals surface area contributed by atoms with Crippen LogP contribution in [0.3, 0.4) is 0 Å². The maximum Gasteiger partial charge on any atom is 0.421 e. The second kappa shape index (κ2) is 6.26. The Hall–Kier alpha value is -2.37. The lowest BCUT2D eigenvalue weighted by atomic mass is 10.3. The topological polar surface area (TPSA) is 83.9 Å². The standard InChI is InChI=1S/C11H11NO5/c13-8-12(7-6-10(14)15)11(16)17-9-4-2-1-3-5-9/h1-5,8H,6-7H2,(H,14,15). The molecular formula is C11H11NO5. The SMILES string of the molecule is O=CN(CCC(=O)O)C(=O)Oc1ccccc1. The first-order valence-electron chi connectivity index (χ1n) is 4.84. The smallest absolute Gasteiger partial charge is 0.421 e. The molecule has 6 heteroatoms. The minimum Gasteiger partial charge on any atom is -0.481 e. The number of carbonyl (C=O) groups is 3. The zero-order valence-electron chi connectivity index (χ0n) is 8.91. The molecule has 17 heavy (non-hydrogen) atoms. The first-order chi connectivity index (χ1) is 8.13. The van der Waals surface area contributed by atoms with Crippen molar-refractivity contribution < 1.29 is 24.2 Å². The van der Waals surface area contributed by atoms with Crippen LogP contribution < -0.4 is 4.74 Å². The quantitative estimate of drug-likeness (QED) is 0.775. The Labute approximate surface area is 97.4 Å². The number of hydrogen-bond acceptors (Lipinski definition) is 4. The van der Waals surface area contributed by atoms with Gasteiger partial charge in [-0.2, -0.15) is 0 Å². The van der Waals surface area contributed by atoms with Gasteiger partial charge in [0.1, 0.15) is 5.75 Å². The highest BCUT2D eigenvalue weighted by Crippen LogP contribution is 2.09. The fourth-order valence-corrected chi connectivity index (χ4v) is 1.05. The number of ether oxygens (including phenoxy) is 1. The Morgan fingerprint density at radius 3 is 2.47 bits per heavy atom. The molecule has 2 amide bonds. The van der Waals surface area contributed by atoms with Gasteiger partial charge in [-0.3, -0.25) is 9.59 Å². The highest BCUT2D eigenvalue weighted by Gasteiger charge is 2.15. The van der Waals surface area contributed by atoms with Gasteiger partial charge in [0.05, 0.1) is 6.42 Å². The number of aliphatic carboxylic acids is 1. The largest absolute Gasteiger partial charge is 0.481 e. The Balaban J connectivity index is 2.55. The molecule has 90 valence electrons. The van der Waals surface area contributed by atoms with E-state index in [2.05, 4.69) is 0 Å². The van der Waals surface area contributed by atoms with Crippen molar-refractivity contribution in [2.45, 2.75) is 6.42 Å². The summed E-state index contributed by atoms with van der Waals surface area (Å²) in [5.74, 6) is -0.802. The van der Waals surface area contributed by atoms with Crippen molar-refractivity contribution in [3.63, 3.8) is 0 Å². The molecule has 0 saturated heterocycles. The van der Waals surface area contributed by atoms with Crippen LogP contribution in [-0.2, 0) is 9.59 Å². The van der Waals surface area contributed by atoms with Crippen LogP contribution in [-0.4, -0.2) is 35.0 Å². The minimum absolute atomic E-state index is 0.218. The summed E-state index contributed by atoms with van der Waals surface area (Å²) >= 11 is 0. The molecule has 0 aliphatic rings. The molecule has 0 heterocycles. The second-order valence-corrected chi connectivity index (χ2v) is 3.12. The van der Waals surface area contributed by atoms with Gasteiger partial charge < -0.3 is 9.84 Å². The van der Waals surface area contributed by atoms with E-state index in [4.69, 9.17) is 9.84 Å². The van der Waals surface area contributed by atoms with Crippen molar-refractivity contribution >= 4 is 18.5 Å². The van der Waals surface area contributed by atoms with Gasteiger partial charge in [0.15, 0.2) is 0 Å². The predicted molar refractivity (Wildman–Crippen MR) is 57.5 cm³/mol. The molecule has 0 aromatic heterocycles. The average Bonchev–Trinajstić information content (AvgIpc) is 2.30. The van der Waals surface area contributed by atoms with Crippen LogP contribution in [0.5, 0.6) is 5.75 Å². The summed E-state index contributed by atoms with van der Waals surface area (Å²) in [7, 11) is 0. The number of carboxylic acid groups (broad SMARTS) is 1. The van der Waals surface area contributed by atoms with Gasteiger partial charge in [-0.15, -0.1) is 0 Å². The maximum absolute atomic E-state index is 11.4. The van der Waals surface area contributed by atoms with Gasteiger partial charge in [-0.1, -0.05) is 18.2 Å². The lowest BCUT2D eigenvalue weighted by Crippen LogP contribution is -2.34. The third kappa shape index (κ3) is 4.33. The van der Waals surface area contributed by atoms with Gasteiger partial charge in [-0.05, 0) is 12.1 Å². The molecule has 1 aromatic rings. The first-order valence-corrected chi connectivity index (χ1v) is 4.84. The van der Waals surface area contributed by atoms with Crippen molar-refractivity contribution in [1.82, 2.24) is 4.90 Å². The summed E-state index contributed by atoms with van der Waals surface area (Å²) in [5, 5.41) is 8.43. The van der Waals surface area contributed by atoms with Crippen molar-refractivity contribution in [1.29, 1.82) is 0 Å². The number of imide groups is 1. The molecule has 1 rings (SSSR count). The number of nitrogens with zero attached hydrogens (tertiary/aromatic N) is 1. The van der Waals surface area contributed by atoms with Gasteiger partial charge in [-0.25, -0.2) is 9.69 Å². The Morgan fingerprint density at radius 2 is 1.94 bits per heavy atom. The molecule has 0 aliphatic heterocycles. The van der Waals surface area contributed by atoms with E-state index in [9.17, 15) is 14.4 Å². The number of rotatable bonds is 5. The molecule has 0 fully saturated rings. The van der Waals surface area contributed by atoms with E-state index in [0.717, 1.165) is 0 Å². The van der Waals surface area contributed by atoms with Crippen LogP contribution in [0, 0.1) is 0 Å². The van der Waals surface area contributed by atoms with Crippen LogP contribution in [0.4, 0.5) is 4.79 Å². The van der Waals surface area contributed by atoms with E-state index in [1.807, 2.05) is 0 Å². The van der Waals surface area contributed by atoms with E-state index < -0.39 is 12.1 Å². The zero-order valence-corrected chi connectivity index (χ0v) is 8.91. The van der Waals surface area contributed by atoms with Crippen molar-refractivity contribution in [3.8, 4) is 5.75 Å². The minimum atomic E-state index is -1.09. The number of para-hydroxylation sites is 1. The summed E-state index contributed by atoms with van der Waals surface area (Å²) < 4.78 is 4.86. The summed E-state index contributed by atoms with van der Waals surface area (Å²) in [4.78, 5) is 33.0. The monoisotopic (exact) mass is 237 g/mol. The zero-order chi connectivity index (χ0) is 12.7. The fraction of sp³-hybridized carbons (Fsp3) is 0.182. The lowest BCUT2D eigenvalue weighted by molar-refractivity contribution is -0.137. The Morgan fingerprint density at radius 1 is 1.29 bits per heavy atom. The van der Waals surface area contributed by atoms with Crippen LogP contribution in [0.1, 0.15) is 6.42 Å². The number of hydrogen-bond donors (Lipinski definition) is 1.